The summed E-state index contributed by atoms with van der Waals surface area (Å²) >= 11 is 0. The number of anilines is 1. The number of nitrogens with one attached hydrogen (secondary N) is 2. The second-order valence-corrected chi connectivity index (χ2v) is 7.62. The van der Waals surface area contributed by atoms with E-state index in [0.29, 0.717) is 6.61 Å². The van der Waals surface area contributed by atoms with Crippen molar-refractivity contribution in [1.29, 1.82) is 0 Å². The van der Waals surface area contributed by atoms with Crippen LogP contribution in [0.15, 0.2) is 48.5 Å². The van der Waals surface area contributed by atoms with Gasteiger partial charge in [-0.05, 0) is 37.6 Å². The van der Waals surface area contributed by atoms with Gasteiger partial charge in [-0.15, -0.1) is 0 Å². The zero-order valence-electron chi connectivity index (χ0n) is 14.4. The lowest BCUT2D eigenvalue weighted by molar-refractivity contribution is 0.0927. The normalized spacial score (nSPS) is 12.3. The molecule has 0 aromatic heterocycles. The molecule has 0 spiro atoms. The molecule has 2 aromatic rings. The van der Waals surface area contributed by atoms with Crippen LogP contribution in [-0.2, 0) is 10.0 Å². The Balaban J connectivity index is 2.01. The van der Waals surface area contributed by atoms with E-state index >= 15 is 0 Å². The molecular formula is C18H22N2O4S. The molecule has 25 heavy (non-hydrogen) atoms. The average Bonchev–Trinajstić information content (AvgIpc) is 2.53. The number of amides is 1. The molecule has 0 fully saturated rings. The topological polar surface area (TPSA) is 84.5 Å². The molecule has 0 aliphatic rings. The van der Waals surface area contributed by atoms with Gasteiger partial charge in [0, 0.05) is 0 Å². The number of carbonyl (C=O) groups is 1. The second kappa shape index (κ2) is 8.02. The van der Waals surface area contributed by atoms with Gasteiger partial charge >= 0.3 is 0 Å². The maximum Gasteiger partial charge on any atom is 0.253 e. The first-order valence-corrected chi connectivity index (χ1v) is 9.71. The maximum atomic E-state index is 12.4. The Morgan fingerprint density at radius 2 is 1.76 bits per heavy atom. The summed E-state index contributed by atoms with van der Waals surface area (Å²) in [7, 11) is -3.47. The third-order valence-corrected chi connectivity index (χ3v) is 4.02. The monoisotopic (exact) mass is 362 g/mol. The first-order chi connectivity index (χ1) is 11.8. The molecular weight excluding hydrogens is 340 g/mol. The molecule has 0 radical (unpaired) electrons. The minimum Gasteiger partial charge on any atom is -0.491 e. The van der Waals surface area contributed by atoms with Gasteiger partial charge in [-0.25, -0.2) is 8.42 Å². The number of ether oxygens (including phenoxy) is 1. The maximum absolute atomic E-state index is 12.4. The van der Waals surface area contributed by atoms with Crippen LogP contribution in [0.1, 0.15) is 22.8 Å². The Labute approximate surface area is 148 Å². The molecule has 0 aliphatic heterocycles. The van der Waals surface area contributed by atoms with Crippen molar-refractivity contribution in [3.8, 4) is 5.75 Å². The Morgan fingerprint density at radius 3 is 2.44 bits per heavy atom. The van der Waals surface area contributed by atoms with Crippen LogP contribution in [0.5, 0.6) is 5.75 Å². The van der Waals surface area contributed by atoms with E-state index in [2.05, 4.69) is 10.0 Å². The standard InChI is InChI=1S/C18H22N2O4S/c1-13-8-4-7-11-17(13)24-12-14(2)19-18(21)15-9-5-6-10-16(15)20-25(3,22)23/h4-11,14,20H,12H2,1-3H3,(H,19,21). The number of aryl methyl sites for hydroxylation is 1. The molecule has 6 nitrogen and oxygen atoms in total. The zero-order valence-corrected chi connectivity index (χ0v) is 15.3. The lowest BCUT2D eigenvalue weighted by Gasteiger charge is -2.17. The van der Waals surface area contributed by atoms with Gasteiger partial charge in [0.05, 0.1) is 23.5 Å². The highest BCUT2D eigenvalue weighted by Crippen LogP contribution is 2.18. The number of hydrogen-bond donors (Lipinski definition) is 2. The van der Waals surface area contributed by atoms with Crippen LogP contribution >= 0.6 is 0 Å². The molecule has 7 heteroatoms. The van der Waals surface area contributed by atoms with Crippen LogP contribution in [0.2, 0.25) is 0 Å². The lowest BCUT2D eigenvalue weighted by Crippen LogP contribution is -2.37. The van der Waals surface area contributed by atoms with Crippen molar-refractivity contribution in [1.82, 2.24) is 5.32 Å². The largest absolute Gasteiger partial charge is 0.491 e. The van der Waals surface area contributed by atoms with Gasteiger partial charge in [0.1, 0.15) is 12.4 Å². The number of para-hydroxylation sites is 2. The summed E-state index contributed by atoms with van der Waals surface area (Å²) in [6, 6.07) is 13.8. The van der Waals surface area contributed by atoms with Gasteiger partial charge in [0.25, 0.3) is 5.91 Å². The van der Waals surface area contributed by atoms with Crippen LogP contribution in [-0.4, -0.2) is 33.2 Å². The van der Waals surface area contributed by atoms with Gasteiger partial charge in [-0.2, -0.15) is 0 Å². The zero-order chi connectivity index (χ0) is 18.4. The van der Waals surface area contributed by atoms with E-state index in [9.17, 15) is 13.2 Å². The van der Waals surface area contributed by atoms with Crippen molar-refractivity contribution in [3.63, 3.8) is 0 Å². The molecule has 0 saturated heterocycles. The predicted octanol–water partition coefficient (Wildman–Crippen LogP) is 2.56. The van der Waals surface area contributed by atoms with E-state index in [0.717, 1.165) is 17.6 Å². The minimum atomic E-state index is -3.47. The Kier molecular flexibility index (Phi) is 6.03. The first kappa shape index (κ1) is 18.8. The van der Waals surface area contributed by atoms with E-state index in [4.69, 9.17) is 4.74 Å². The van der Waals surface area contributed by atoms with Gasteiger partial charge in [-0.3, -0.25) is 9.52 Å². The van der Waals surface area contributed by atoms with E-state index in [-0.39, 0.29) is 23.2 Å². The molecule has 2 aromatic carbocycles. The fourth-order valence-corrected chi connectivity index (χ4v) is 2.82. The second-order valence-electron chi connectivity index (χ2n) is 5.87. The van der Waals surface area contributed by atoms with Crippen LogP contribution < -0.4 is 14.8 Å². The molecule has 1 atom stereocenters. The fraction of sp³-hybridized carbons (Fsp3) is 0.278. The Morgan fingerprint density at radius 1 is 1.12 bits per heavy atom. The lowest BCUT2D eigenvalue weighted by atomic mass is 10.1. The van der Waals surface area contributed by atoms with Gasteiger partial charge in [0.15, 0.2) is 0 Å². The average molecular weight is 362 g/mol. The SMILES string of the molecule is Cc1ccccc1OCC(C)NC(=O)c1ccccc1NS(C)(=O)=O. The first-order valence-electron chi connectivity index (χ1n) is 7.82. The molecule has 0 bridgehead atoms. The molecule has 2 N–H and O–H groups in total. The number of hydrogen-bond acceptors (Lipinski definition) is 4. The number of benzene rings is 2. The van der Waals surface area contributed by atoms with Gasteiger partial charge in [-0.1, -0.05) is 30.3 Å². The molecule has 0 saturated carbocycles. The quantitative estimate of drug-likeness (QED) is 0.793. The van der Waals surface area contributed by atoms with E-state index in [1.165, 1.54) is 0 Å². The highest BCUT2D eigenvalue weighted by molar-refractivity contribution is 7.92. The van der Waals surface area contributed by atoms with E-state index < -0.39 is 10.0 Å². The van der Waals surface area contributed by atoms with Crippen LogP contribution in [0, 0.1) is 6.92 Å². The summed E-state index contributed by atoms with van der Waals surface area (Å²) in [6.07, 6.45) is 1.04. The number of sulfonamides is 1. The third-order valence-electron chi connectivity index (χ3n) is 3.43. The number of rotatable bonds is 7. The van der Waals surface area contributed by atoms with Gasteiger partial charge < -0.3 is 10.1 Å². The van der Waals surface area contributed by atoms with Crippen LogP contribution in [0.3, 0.4) is 0 Å². The molecule has 1 unspecified atom stereocenters. The summed E-state index contributed by atoms with van der Waals surface area (Å²) in [5, 5.41) is 2.81. The summed E-state index contributed by atoms with van der Waals surface area (Å²) in [4.78, 5) is 12.4. The Hall–Kier alpha value is -2.54. The number of carbonyl (C=O) groups excluding carboxylic acids is 1. The molecule has 2 rings (SSSR count). The third kappa shape index (κ3) is 5.79. The van der Waals surface area contributed by atoms with Gasteiger partial charge in [0.2, 0.25) is 10.0 Å². The van der Waals surface area contributed by atoms with Crippen molar-refractivity contribution in [2.75, 3.05) is 17.6 Å². The molecule has 0 aliphatic carbocycles. The van der Waals surface area contributed by atoms with E-state index in [1.54, 1.807) is 24.3 Å². The highest BCUT2D eigenvalue weighted by Gasteiger charge is 2.16. The molecule has 1 amide bonds. The smallest absolute Gasteiger partial charge is 0.253 e. The molecule has 134 valence electrons. The highest BCUT2D eigenvalue weighted by atomic mass is 32.2. The summed E-state index contributed by atoms with van der Waals surface area (Å²) in [5.41, 5.74) is 1.52. The van der Waals surface area contributed by atoms with Crippen LogP contribution in [0.25, 0.3) is 0 Å². The minimum absolute atomic E-state index is 0.245. The Bertz CT molecular complexity index is 850. The summed E-state index contributed by atoms with van der Waals surface area (Å²) in [6.45, 7) is 4.08. The van der Waals surface area contributed by atoms with Crippen molar-refractivity contribution >= 4 is 21.6 Å². The summed E-state index contributed by atoms with van der Waals surface area (Å²) in [5.74, 6) is 0.398. The van der Waals surface area contributed by atoms with Crippen molar-refractivity contribution < 1.29 is 17.9 Å². The summed E-state index contributed by atoms with van der Waals surface area (Å²) < 4.78 is 30.9. The molecule has 0 heterocycles. The van der Waals surface area contributed by atoms with E-state index in [1.807, 2.05) is 38.1 Å². The van der Waals surface area contributed by atoms with Crippen molar-refractivity contribution in [2.45, 2.75) is 19.9 Å². The van der Waals surface area contributed by atoms with Crippen LogP contribution in [0.4, 0.5) is 5.69 Å². The van der Waals surface area contributed by atoms with Crippen molar-refractivity contribution in [2.24, 2.45) is 0 Å². The fourth-order valence-electron chi connectivity index (χ4n) is 2.25. The predicted molar refractivity (Wildman–Crippen MR) is 98.5 cm³/mol. The van der Waals surface area contributed by atoms with Crippen molar-refractivity contribution in [3.05, 3.63) is 59.7 Å².